The van der Waals surface area contributed by atoms with Gasteiger partial charge < -0.3 is 20.6 Å². The second kappa shape index (κ2) is 8.04. The molecule has 1 amide bonds. The van der Waals surface area contributed by atoms with Crippen molar-refractivity contribution < 1.29 is 14.7 Å². The molecule has 0 atom stereocenters. The van der Waals surface area contributed by atoms with Crippen LogP contribution in [0.3, 0.4) is 0 Å². The van der Waals surface area contributed by atoms with Gasteiger partial charge in [0.1, 0.15) is 5.75 Å². The summed E-state index contributed by atoms with van der Waals surface area (Å²) in [7, 11) is 0. The summed E-state index contributed by atoms with van der Waals surface area (Å²) in [5.74, 6) is 0.351. The fraction of sp³-hybridized carbons (Fsp3) is 0.429. The molecule has 0 unspecified atom stereocenters. The van der Waals surface area contributed by atoms with Crippen molar-refractivity contribution in [1.82, 2.24) is 4.90 Å². The highest BCUT2D eigenvalue weighted by Crippen LogP contribution is 2.20. The molecule has 0 radical (unpaired) electrons. The summed E-state index contributed by atoms with van der Waals surface area (Å²) in [6, 6.07) is 7.06. The first-order chi connectivity index (χ1) is 9.63. The van der Waals surface area contributed by atoms with Crippen molar-refractivity contribution >= 4 is 11.7 Å². The standard InChI is InChI=1S/C14H21N3O3/c1-3-9-17(10-13(15)16-19)14(18)11-7-5-6-8-12(11)20-4-2/h5-8,19H,3-4,9-10H2,1-2H3,(H2,15,16). The van der Waals surface area contributed by atoms with Crippen molar-refractivity contribution in [2.45, 2.75) is 20.3 Å². The van der Waals surface area contributed by atoms with Crippen LogP contribution in [-0.4, -0.2) is 41.5 Å². The van der Waals surface area contributed by atoms with Crippen LogP contribution in [0.25, 0.3) is 0 Å². The Balaban J connectivity index is 2.99. The summed E-state index contributed by atoms with van der Waals surface area (Å²) in [4.78, 5) is 14.1. The van der Waals surface area contributed by atoms with Crippen molar-refractivity contribution in [2.24, 2.45) is 10.9 Å². The van der Waals surface area contributed by atoms with Crippen LogP contribution in [0.4, 0.5) is 0 Å². The molecule has 0 spiro atoms. The second-order valence-corrected chi connectivity index (χ2v) is 4.25. The van der Waals surface area contributed by atoms with E-state index < -0.39 is 0 Å². The molecule has 1 rings (SSSR count). The van der Waals surface area contributed by atoms with Gasteiger partial charge in [0, 0.05) is 6.54 Å². The van der Waals surface area contributed by atoms with Crippen molar-refractivity contribution in [3.63, 3.8) is 0 Å². The number of hydrogen-bond acceptors (Lipinski definition) is 4. The van der Waals surface area contributed by atoms with E-state index in [1.165, 1.54) is 4.90 Å². The van der Waals surface area contributed by atoms with E-state index in [-0.39, 0.29) is 18.3 Å². The molecule has 0 heterocycles. The van der Waals surface area contributed by atoms with E-state index >= 15 is 0 Å². The Bertz CT molecular complexity index is 474. The lowest BCUT2D eigenvalue weighted by atomic mass is 10.1. The van der Waals surface area contributed by atoms with E-state index in [0.717, 1.165) is 6.42 Å². The van der Waals surface area contributed by atoms with Crippen molar-refractivity contribution in [1.29, 1.82) is 0 Å². The van der Waals surface area contributed by atoms with Gasteiger partial charge in [0.05, 0.1) is 18.7 Å². The maximum atomic E-state index is 12.5. The highest BCUT2D eigenvalue weighted by atomic mass is 16.5. The largest absolute Gasteiger partial charge is 0.493 e. The Morgan fingerprint density at radius 3 is 2.70 bits per heavy atom. The molecule has 0 aliphatic rings. The summed E-state index contributed by atoms with van der Waals surface area (Å²) in [6.45, 7) is 4.92. The quantitative estimate of drug-likeness (QED) is 0.344. The lowest BCUT2D eigenvalue weighted by molar-refractivity contribution is 0.0774. The summed E-state index contributed by atoms with van der Waals surface area (Å²) >= 11 is 0. The zero-order valence-corrected chi connectivity index (χ0v) is 11.9. The van der Waals surface area contributed by atoms with Crippen molar-refractivity contribution in [3.8, 4) is 5.75 Å². The van der Waals surface area contributed by atoms with E-state index in [0.29, 0.717) is 24.5 Å². The minimum absolute atomic E-state index is 0.000640. The molecule has 0 aliphatic heterocycles. The monoisotopic (exact) mass is 279 g/mol. The number of benzene rings is 1. The van der Waals surface area contributed by atoms with E-state index in [2.05, 4.69) is 5.16 Å². The molecule has 6 nitrogen and oxygen atoms in total. The maximum absolute atomic E-state index is 12.5. The number of oxime groups is 1. The highest BCUT2D eigenvalue weighted by molar-refractivity contribution is 5.99. The van der Waals surface area contributed by atoms with Crippen LogP contribution in [0.1, 0.15) is 30.6 Å². The van der Waals surface area contributed by atoms with Gasteiger partial charge in [0.25, 0.3) is 5.91 Å². The molecule has 0 saturated carbocycles. The van der Waals surface area contributed by atoms with Gasteiger partial charge in [-0.15, -0.1) is 0 Å². The molecular formula is C14H21N3O3. The molecule has 6 heteroatoms. The number of carbonyl (C=O) groups excluding carboxylic acids is 1. The molecule has 1 aromatic rings. The van der Waals surface area contributed by atoms with Gasteiger partial charge in [0.15, 0.2) is 5.84 Å². The number of hydrogen-bond donors (Lipinski definition) is 2. The maximum Gasteiger partial charge on any atom is 0.258 e. The van der Waals surface area contributed by atoms with Crippen LogP contribution >= 0.6 is 0 Å². The SMILES string of the molecule is CCCN(CC(N)=NO)C(=O)c1ccccc1OCC. The van der Waals surface area contributed by atoms with Gasteiger partial charge in [-0.2, -0.15) is 0 Å². The number of rotatable bonds is 7. The normalized spacial score (nSPS) is 11.2. The number of amidine groups is 1. The number of carbonyl (C=O) groups is 1. The number of ether oxygens (including phenoxy) is 1. The molecule has 0 aliphatic carbocycles. The predicted molar refractivity (Wildman–Crippen MR) is 77.2 cm³/mol. The summed E-state index contributed by atoms with van der Waals surface area (Å²) in [5, 5.41) is 11.6. The second-order valence-electron chi connectivity index (χ2n) is 4.25. The smallest absolute Gasteiger partial charge is 0.258 e. The van der Waals surface area contributed by atoms with Gasteiger partial charge in [-0.3, -0.25) is 4.79 Å². The van der Waals surface area contributed by atoms with Gasteiger partial charge in [-0.25, -0.2) is 0 Å². The van der Waals surface area contributed by atoms with Crippen LogP contribution < -0.4 is 10.5 Å². The third kappa shape index (κ3) is 4.15. The highest BCUT2D eigenvalue weighted by Gasteiger charge is 2.19. The summed E-state index contributed by atoms with van der Waals surface area (Å²) < 4.78 is 5.46. The van der Waals surface area contributed by atoms with E-state index in [9.17, 15) is 4.79 Å². The average Bonchev–Trinajstić information content (AvgIpc) is 2.47. The minimum Gasteiger partial charge on any atom is -0.493 e. The van der Waals surface area contributed by atoms with E-state index in [1.807, 2.05) is 19.9 Å². The molecular weight excluding hydrogens is 258 g/mol. The Kier molecular flexibility index (Phi) is 6.36. The topological polar surface area (TPSA) is 88.1 Å². The van der Waals surface area contributed by atoms with Crippen molar-refractivity contribution in [3.05, 3.63) is 29.8 Å². The third-order valence-electron chi connectivity index (χ3n) is 2.68. The lowest BCUT2D eigenvalue weighted by Gasteiger charge is -2.22. The van der Waals surface area contributed by atoms with Crippen LogP contribution in [0.2, 0.25) is 0 Å². The lowest BCUT2D eigenvalue weighted by Crippen LogP contribution is -2.39. The van der Waals surface area contributed by atoms with E-state index in [4.69, 9.17) is 15.7 Å². The number of amides is 1. The zero-order chi connectivity index (χ0) is 15.0. The summed E-state index contributed by atoms with van der Waals surface area (Å²) in [6.07, 6.45) is 0.779. The fourth-order valence-electron chi connectivity index (χ4n) is 1.84. The first-order valence-corrected chi connectivity index (χ1v) is 6.61. The van der Waals surface area contributed by atoms with Gasteiger partial charge in [0.2, 0.25) is 0 Å². The Morgan fingerprint density at radius 2 is 2.10 bits per heavy atom. The molecule has 20 heavy (non-hydrogen) atoms. The predicted octanol–water partition coefficient (Wildman–Crippen LogP) is 1.68. The molecule has 0 saturated heterocycles. The molecule has 0 bridgehead atoms. The van der Waals surface area contributed by atoms with Crippen LogP contribution in [0, 0.1) is 0 Å². The fourth-order valence-corrected chi connectivity index (χ4v) is 1.84. The third-order valence-corrected chi connectivity index (χ3v) is 2.68. The molecule has 1 aromatic carbocycles. The summed E-state index contributed by atoms with van der Waals surface area (Å²) in [5.41, 5.74) is 5.97. The minimum atomic E-state index is -0.192. The first kappa shape index (κ1) is 15.8. The molecule has 110 valence electrons. The van der Waals surface area contributed by atoms with Gasteiger partial charge >= 0.3 is 0 Å². The number of para-hydroxylation sites is 1. The Hall–Kier alpha value is -2.24. The van der Waals surface area contributed by atoms with Crippen LogP contribution in [-0.2, 0) is 0 Å². The van der Waals surface area contributed by atoms with Crippen LogP contribution in [0.5, 0.6) is 5.75 Å². The number of nitrogens with two attached hydrogens (primary N) is 1. The molecule has 3 N–H and O–H groups in total. The van der Waals surface area contributed by atoms with Gasteiger partial charge in [-0.1, -0.05) is 24.2 Å². The average molecular weight is 279 g/mol. The molecule has 0 aromatic heterocycles. The first-order valence-electron chi connectivity index (χ1n) is 6.61. The zero-order valence-electron chi connectivity index (χ0n) is 11.9. The van der Waals surface area contributed by atoms with Gasteiger partial charge in [-0.05, 0) is 25.5 Å². The Morgan fingerprint density at radius 1 is 1.40 bits per heavy atom. The van der Waals surface area contributed by atoms with Crippen LogP contribution in [0.15, 0.2) is 29.4 Å². The van der Waals surface area contributed by atoms with E-state index in [1.54, 1.807) is 18.2 Å². The number of nitrogens with zero attached hydrogens (tertiary/aromatic N) is 2. The Labute approximate surface area is 118 Å². The van der Waals surface area contributed by atoms with Crippen molar-refractivity contribution in [2.75, 3.05) is 19.7 Å². The molecule has 0 fully saturated rings.